The van der Waals surface area contributed by atoms with Crippen LogP contribution in [-0.4, -0.2) is 28.8 Å². The van der Waals surface area contributed by atoms with E-state index in [1.807, 2.05) is 30.3 Å². The van der Waals surface area contributed by atoms with Gasteiger partial charge in [0.05, 0.1) is 6.54 Å². The molecule has 0 bridgehead atoms. The summed E-state index contributed by atoms with van der Waals surface area (Å²) in [5, 5.41) is 5.51. The quantitative estimate of drug-likeness (QED) is 0.497. The number of rotatable bonds is 7. The third-order valence-corrected chi connectivity index (χ3v) is 5.67. The number of benzene rings is 3. The van der Waals surface area contributed by atoms with Gasteiger partial charge in [-0.25, -0.2) is 9.18 Å². The summed E-state index contributed by atoms with van der Waals surface area (Å²) in [7, 11) is 0. The van der Waals surface area contributed by atoms with E-state index in [9.17, 15) is 18.8 Å². The molecule has 1 saturated heterocycles. The monoisotopic (exact) mass is 475 g/mol. The van der Waals surface area contributed by atoms with Crippen LogP contribution in [0.5, 0.6) is 0 Å². The highest BCUT2D eigenvalue weighted by Crippen LogP contribution is 2.35. The first-order valence-corrected chi connectivity index (χ1v) is 11.3. The Bertz CT molecular complexity index is 1210. The Morgan fingerprint density at radius 2 is 1.66 bits per heavy atom. The highest BCUT2D eigenvalue weighted by Gasteiger charge is 2.47. The van der Waals surface area contributed by atoms with Gasteiger partial charge in [-0.2, -0.15) is 0 Å². The largest absolute Gasteiger partial charge is 0.438 e. The van der Waals surface area contributed by atoms with Crippen molar-refractivity contribution >= 4 is 29.3 Å². The molecule has 0 radical (unpaired) electrons. The lowest BCUT2D eigenvalue weighted by Crippen LogP contribution is -2.43. The third kappa shape index (κ3) is 5.66. The van der Waals surface area contributed by atoms with Crippen molar-refractivity contribution in [3.8, 4) is 0 Å². The highest BCUT2D eigenvalue weighted by molar-refractivity contribution is 5.98. The number of hydrogen-bond acceptors (Lipinski definition) is 4. The molecule has 3 aromatic carbocycles. The fourth-order valence-electron chi connectivity index (χ4n) is 3.82. The molecular weight excluding hydrogens is 449 g/mol. The van der Waals surface area contributed by atoms with Gasteiger partial charge in [-0.1, -0.05) is 62.4 Å². The maximum atomic E-state index is 13.7. The Labute approximate surface area is 202 Å². The van der Waals surface area contributed by atoms with E-state index in [1.54, 1.807) is 44.2 Å². The van der Waals surface area contributed by atoms with Crippen LogP contribution in [-0.2, 0) is 20.9 Å². The van der Waals surface area contributed by atoms with Crippen molar-refractivity contribution in [2.75, 3.05) is 10.6 Å². The van der Waals surface area contributed by atoms with Gasteiger partial charge in [0.2, 0.25) is 5.91 Å². The highest BCUT2D eigenvalue weighted by atomic mass is 19.1. The summed E-state index contributed by atoms with van der Waals surface area (Å²) < 4.78 is 19.3. The van der Waals surface area contributed by atoms with Crippen LogP contribution in [0.2, 0.25) is 0 Å². The maximum absolute atomic E-state index is 13.7. The molecule has 0 aromatic heterocycles. The minimum absolute atomic E-state index is 0.119. The van der Waals surface area contributed by atoms with Crippen molar-refractivity contribution in [1.82, 2.24) is 4.90 Å². The van der Waals surface area contributed by atoms with Crippen LogP contribution < -0.4 is 10.6 Å². The molecule has 1 fully saturated rings. The Morgan fingerprint density at radius 1 is 0.943 bits per heavy atom. The summed E-state index contributed by atoms with van der Waals surface area (Å²) in [6.45, 7) is 3.76. The van der Waals surface area contributed by atoms with Crippen LogP contribution in [0.1, 0.15) is 31.1 Å². The fourth-order valence-corrected chi connectivity index (χ4v) is 3.82. The van der Waals surface area contributed by atoms with Crippen LogP contribution >= 0.6 is 0 Å². The van der Waals surface area contributed by atoms with Crippen molar-refractivity contribution < 1.29 is 23.5 Å². The number of ether oxygens (including phenoxy) is 1. The van der Waals surface area contributed by atoms with Crippen molar-refractivity contribution in [1.29, 1.82) is 0 Å². The number of halogens is 1. The first-order valence-electron chi connectivity index (χ1n) is 11.3. The SMILES string of the molecule is CC(C)C(=O)Nc1ccc([C@@H]2OC(=O)N(Cc3ccccc3)[C@H]2C(=O)Nc2cccc(F)c2)cc1. The smallest absolute Gasteiger partial charge is 0.411 e. The lowest BCUT2D eigenvalue weighted by Gasteiger charge is -2.24. The Morgan fingerprint density at radius 3 is 2.31 bits per heavy atom. The first-order chi connectivity index (χ1) is 16.8. The second-order valence-electron chi connectivity index (χ2n) is 8.63. The second-order valence-corrected chi connectivity index (χ2v) is 8.63. The standard InChI is InChI=1S/C27H26FN3O4/c1-17(2)25(32)29-21-13-11-19(12-14-21)24-23(26(33)30-22-10-6-9-20(28)15-22)31(27(34)35-24)16-18-7-4-3-5-8-18/h3-15,17,23-24H,16H2,1-2H3,(H,29,32)(H,30,33)/t23-,24+/m1/s1. The number of hydrogen-bond donors (Lipinski definition) is 2. The molecule has 8 heteroatoms. The molecule has 0 spiro atoms. The summed E-state index contributed by atoms with van der Waals surface area (Å²) in [6, 6.07) is 20.6. The molecule has 3 aromatic rings. The molecular formula is C27H26FN3O4. The van der Waals surface area contributed by atoms with Crippen molar-refractivity contribution in [3.05, 3.63) is 95.8 Å². The van der Waals surface area contributed by atoms with E-state index in [2.05, 4.69) is 10.6 Å². The summed E-state index contributed by atoms with van der Waals surface area (Å²) in [5.74, 6) is -1.28. The number of amides is 3. The van der Waals surface area contributed by atoms with Gasteiger partial charge in [0.15, 0.2) is 12.1 Å². The van der Waals surface area contributed by atoms with E-state index >= 15 is 0 Å². The lowest BCUT2D eigenvalue weighted by atomic mass is 10.00. The maximum Gasteiger partial charge on any atom is 0.411 e. The van der Waals surface area contributed by atoms with Crippen molar-refractivity contribution in [2.45, 2.75) is 32.5 Å². The number of carbonyl (C=O) groups excluding carboxylic acids is 3. The van der Waals surface area contributed by atoms with Gasteiger partial charge in [0, 0.05) is 17.3 Å². The predicted molar refractivity (Wildman–Crippen MR) is 130 cm³/mol. The molecule has 1 heterocycles. The molecule has 2 atom stereocenters. The van der Waals surface area contributed by atoms with E-state index in [0.717, 1.165) is 5.56 Å². The van der Waals surface area contributed by atoms with Gasteiger partial charge >= 0.3 is 6.09 Å². The summed E-state index contributed by atoms with van der Waals surface area (Å²) in [5.41, 5.74) is 2.30. The van der Waals surface area contributed by atoms with Gasteiger partial charge in [-0.15, -0.1) is 0 Å². The predicted octanol–water partition coefficient (Wildman–Crippen LogP) is 5.12. The molecule has 180 valence electrons. The molecule has 7 nitrogen and oxygen atoms in total. The van der Waals surface area contributed by atoms with Crippen LogP contribution in [0.3, 0.4) is 0 Å². The molecule has 0 aliphatic carbocycles. The number of cyclic esters (lactones) is 1. The topological polar surface area (TPSA) is 87.7 Å². The van der Waals surface area contributed by atoms with Gasteiger partial charge < -0.3 is 15.4 Å². The molecule has 35 heavy (non-hydrogen) atoms. The van der Waals surface area contributed by atoms with Gasteiger partial charge in [-0.05, 0) is 41.5 Å². The zero-order valence-corrected chi connectivity index (χ0v) is 19.4. The van der Waals surface area contributed by atoms with Crippen LogP contribution in [0.25, 0.3) is 0 Å². The molecule has 2 N–H and O–H groups in total. The van der Waals surface area contributed by atoms with Gasteiger partial charge in [-0.3, -0.25) is 14.5 Å². The van der Waals surface area contributed by atoms with E-state index in [-0.39, 0.29) is 24.1 Å². The molecule has 1 aliphatic heterocycles. The Balaban J connectivity index is 1.62. The van der Waals surface area contributed by atoms with E-state index in [4.69, 9.17) is 4.74 Å². The molecule has 0 saturated carbocycles. The second kappa shape index (κ2) is 10.4. The zero-order valence-electron chi connectivity index (χ0n) is 19.4. The minimum Gasteiger partial charge on any atom is -0.438 e. The van der Waals surface area contributed by atoms with E-state index in [0.29, 0.717) is 11.3 Å². The van der Waals surface area contributed by atoms with Gasteiger partial charge in [0.25, 0.3) is 5.91 Å². The summed E-state index contributed by atoms with van der Waals surface area (Å²) in [4.78, 5) is 39.6. The van der Waals surface area contributed by atoms with E-state index < -0.39 is 30.0 Å². The normalized spacial score (nSPS) is 17.3. The molecule has 0 unspecified atom stereocenters. The number of nitrogens with zero attached hydrogens (tertiary/aromatic N) is 1. The van der Waals surface area contributed by atoms with Crippen LogP contribution in [0.4, 0.5) is 20.6 Å². The average molecular weight is 476 g/mol. The number of nitrogens with one attached hydrogen (secondary N) is 2. The summed E-state index contributed by atoms with van der Waals surface area (Å²) >= 11 is 0. The van der Waals surface area contributed by atoms with Gasteiger partial charge in [0.1, 0.15) is 5.82 Å². The van der Waals surface area contributed by atoms with Crippen LogP contribution in [0.15, 0.2) is 78.9 Å². The van der Waals surface area contributed by atoms with E-state index in [1.165, 1.54) is 23.1 Å². The third-order valence-electron chi connectivity index (χ3n) is 5.67. The van der Waals surface area contributed by atoms with Crippen LogP contribution in [0, 0.1) is 11.7 Å². The molecule has 4 rings (SSSR count). The Hall–Kier alpha value is -4.20. The fraction of sp³-hybridized carbons (Fsp3) is 0.222. The zero-order chi connectivity index (χ0) is 24.9. The Kier molecular flexibility index (Phi) is 7.10. The first kappa shape index (κ1) is 23.9. The average Bonchev–Trinajstić information content (AvgIpc) is 3.16. The molecule has 3 amide bonds. The number of anilines is 2. The van der Waals surface area contributed by atoms with Crippen molar-refractivity contribution in [3.63, 3.8) is 0 Å². The van der Waals surface area contributed by atoms with Crippen molar-refractivity contribution in [2.24, 2.45) is 5.92 Å². The lowest BCUT2D eigenvalue weighted by molar-refractivity contribution is -0.121. The minimum atomic E-state index is -0.998. The molecule has 1 aliphatic rings. The number of carbonyl (C=O) groups is 3. The summed E-state index contributed by atoms with van der Waals surface area (Å²) in [6.07, 6.45) is -1.52.